The van der Waals surface area contributed by atoms with E-state index in [2.05, 4.69) is 39.4 Å². The SMILES string of the molecule is Cn1cc(-n2ccc(=S)c(CCc3ccc4ncccc4c3)n2)cn1. The zero-order valence-corrected chi connectivity index (χ0v) is 14.6. The fraction of sp³-hybridized carbons (Fsp3) is 0.158. The number of pyridine rings is 1. The molecule has 4 rings (SSSR count). The van der Waals surface area contributed by atoms with E-state index in [4.69, 9.17) is 12.2 Å². The van der Waals surface area contributed by atoms with Gasteiger partial charge in [0, 0.05) is 24.8 Å². The van der Waals surface area contributed by atoms with Gasteiger partial charge in [-0.2, -0.15) is 10.2 Å². The summed E-state index contributed by atoms with van der Waals surface area (Å²) in [6, 6.07) is 12.3. The van der Waals surface area contributed by atoms with Gasteiger partial charge in [0.15, 0.2) is 0 Å². The van der Waals surface area contributed by atoms with E-state index < -0.39 is 0 Å². The number of rotatable bonds is 4. The number of hydrogen-bond donors (Lipinski definition) is 0. The third kappa shape index (κ3) is 3.34. The lowest BCUT2D eigenvalue weighted by atomic mass is 10.1. The summed E-state index contributed by atoms with van der Waals surface area (Å²) in [7, 11) is 1.89. The third-order valence-electron chi connectivity index (χ3n) is 4.15. The van der Waals surface area contributed by atoms with Gasteiger partial charge in [-0.25, -0.2) is 4.68 Å². The molecule has 124 valence electrons. The van der Waals surface area contributed by atoms with E-state index in [1.807, 2.05) is 42.5 Å². The van der Waals surface area contributed by atoms with E-state index in [1.165, 1.54) is 5.56 Å². The van der Waals surface area contributed by atoms with Crippen LogP contribution >= 0.6 is 12.2 Å². The molecule has 0 spiro atoms. The maximum absolute atomic E-state index is 5.45. The maximum atomic E-state index is 5.45. The van der Waals surface area contributed by atoms with Gasteiger partial charge in [0.05, 0.1) is 28.1 Å². The van der Waals surface area contributed by atoms with E-state index >= 15 is 0 Å². The number of aromatic nitrogens is 5. The van der Waals surface area contributed by atoms with Crippen LogP contribution in [-0.4, -0.2) is 24.5 Å². The highest BCUT2D eigenvalue weighted by atomic mass is 32.1. The van der Waals surface area contributed by atoms with Crippen LogP contribution in [0, 0.1) is 4.51 Å². The summed E-state index contributed by atoms with van der Waals surface area (Å²) in [5.41, 5.74) is 4.12. The lowest BCUT2D eigenvalue weighted by Crippen LogP contribution is -2.05. The summed E-state index contributed by atoms with van der Waals surface area (Å²) < 4.78 is 4.37. The molecule has 0 bridgehead atoms. The second-order valence-corrected chi connectivity index (χ2v) is 6.41. The summed E-state index contributed by atoms with van der Waals surface area (Å²) in [5.74, 6) is 0. The van der Waals surface area contributed by atoms with Gasteiger partial charge >= 0.3 is 0 Å². The molecule has 0 atom stereocenters. The molecule has 0 aliphatic heterocycles. The van der Waals surface area contributed by atoms with Crippen molar-refractivity contribution in [3.8, 4) is 5.69 Å². The van der Waals surface area contributed by atoms with Crippen LogP contribution in [0.5, 0.6) is 0 Å². The molecular formula is C19H17N5S. The van der Waals surface area contributed by atoms with Gasteiger partial charge in [0.25, 0.3) is 0 Å². The lowest BCUT2D eigenvalue weighted by Gasteiger charge is -2.07. The van der Waals surface area contributed by atoms with Crippen molar-refractivity contribution in [2.24, 2.45) is 7.05 Å². The Morgan fingerprint density at radius 1 is 1.12 bits per heavy atom. The highest BCUT2D eigenvalue weighted by Gasteiger charge is 2.05. The monoisotopic (exact) mass is 347 g/mol. The van der Waals surface area contributed by atoms with Crippen molar-refractivity contribution in [2.75, 3.05) is 0 Å². The third-order valence-corrected chi connectivity index (χ3v) is 4.53. The zero-order valence-electron chi connectivity index (χ0n) is 13.8. The Kier molecular flexibility index (Phi) is 4.11. The van der Waals surface area contributed by atoms with Crippen molar-refractivity contribution in [1.82, 2.24) is 24.5 Å². The Balaban J connectivity index is 1.58. The predicted molar refractivity (Wildman–Crippen MR) is 100 cm³/mol. The number of fused-ring (bicyclic) bond motifs is 1. The molecule has 1 aromatic carbocycles. The van der Waals surface area contributed by atoms with E-state index in [0.717, 1.165) is 39.6 Å². The smallest absolute Gasteiger partial charge is 0.102 e. The lowest BCUT2D eigenvalue weighted by molar-refractivity contribution is 0.757. The van der Waals surface area contributed by atoms with Gasteiger partial charge in [-0.15, -0.1) is 0 Å². The molecule has 6 heteroatoms. The fourth-order valence-electron chi connectivity index (χ4n) is 2.83. The van der Waals surface area contributed by atoms with Crippen molar-refractivity contribution in [2.45, 2.75) is 12.8 Å². The molecule has 0 amide bonds. The second-order valence-electron chi connectivity index (χ2n) is 5.97. The Hall–Kier alpha value is -2.86. The molecule has 0 fully saturated rings. The van der Waals surface area contributed by atoms with E-state index in [1.54, 1.807) is 10.9 Å². The quantitative estimate of drug-likeness (QED) is 0.529. The van der Waals surface area contributed by atoms with E-state index in [9.17, 15) is 0 Å². The Labute approximate surface area is 150 Å². The van der Waals surface area contributed by atoms with Gasteiger partial charge in [0.2, 0.25) is 0 Å². The summed E-state index contributed by atoms with van der Waals surface area (Å²) in [6.45, 7) is 0. The molecular weight excluding hydrogens is 330 g/mol. The Morgan fingerprint density at radius 2 is 2.04 bits per heavy atom. The van der Waals surface area contributed by atoms with Crippen LogP contribution in [0.4, 0.5) is 0 Å². The zero-order chi connectivity index (χ0) is 17.2. The van der Waals surface area contributed by atoms with Crippen molar-refractivity contribution < 1.29 is 0 Å². The van der Waals surface area contributed by atoms with Crippen LogP contribution in [-0.2, 0) is 19.9 Å². The average molecular weight is 347 g/mol. The van der Waals surface area contributed by atoms with Crippen LogP contribution in [0.3, 0.4) is 0 Å². The average Bonchev–Trinajstić information content (AvgIpc) is 3.07. The first-order chi connectivity index (χ1) is 12.2. The molecule has 3 aromatic heterocycles. The predicted octanol–water partition coefficient (Wildman–Crippen LogP) is 3.67. The molecule has 0 aliphatic carbocycles. The van der Waals surface area contributed by atoms with Crippen molar-refractivity contribution >= 4 is 23.1 Å². The number of hydrogen-bond acceptors (Lipinski definition) is 4. The van der Waals surface area contributed by atoms with Gasteiger partial charge in [-0.3, -0.25) is 9.67 Å². The van der Waals surface area contributed by atoms with Gasteiger partial charge in [0.1, 0.15) is 5.69 Å². The summed E-state index contributed by atoms with van der Waals surface area (Å²) in [4.78, 5) is 4.36. The molecule has 0 radical (unpaired) electrons. The highest BCUT2D eigenvalue weighted by molar-refractivity contribution is 7.71. The van der Waals surface area contributed by atoms with Crippen molar-refractivity contribution in [3.05, 3.63) is 77.0 Å². The molecule has 0 aliphatic rings. The highest BCUT2D eigenvalue weighted by Crippen LogP contribution is 2.15. The van der Waals surface area contributed by atoms with Gasteiger partial charge < -0.3 is 0 Å². The van der Waals surface area contributed by atoms with E-state index in [-0.39, 0.29) is 0 Å². The maximum Gasteiger partial charge on any atom is 0.102 e. The van der Waals surface area contributed by atoms with Crippen LogP contribution < -0.4 is 0 Å². The molecule has 0 N–H and O–H groups in total. The Bertz CT molecular complexity index is 1100. The summed E-state index contributed by atoms with van der Waals surface area (Å²) in [6.07, 6.45) is 9.09. The minimum atomic E-state index is 0.794. The van der Waals surface area contributed by atoms with Gasteiger partial charge in [-0.1, -0.05) is 24.4 Å². The largest absolute Gasteiger partial charge is 0.274 e. The van der Waals surface area contributed by atoms with Gasteiger partial charge in [-0.05, 0) is 42.7 Å². The minimum absolute atomic E-state index is 0.794. The first-order valence-corrected chi connectivity index (χ1v) is 8.51. The Morgan fingerprint density at radius 3 is 2.88 bits per heavy atom. The number of aryl methyl sites for hydroxylation is 3. The molecule has 25 heavy (non-hydrogen) atoms. The molecule has 5 nitrogen and oxygen atoms in total. The van der Waals surface area contributed by atoms with Crippen molar-refractivity contribution in [1.29, 1.82) is 0 Å². The second kappa shape index (κ2) is 6.57. The molecule has 0 saturated carbocycles. The van der Waals surface area contributed by atoms with E-state index in [0.29, 0.717) is 0 Å². The van der Waals surface area contributed by atoms with Crippen LogP contribution in [0.2, 0.25) is 0 Å². The summed E-state index contributed by atoms with van der Waals surface area (Å²) >= 11 is 5.45. The first kappa shape index (κ1) is 15.7. The fourth-order valence-corrected chi connectivity index (χ4v) is 3.04. The number of benzene rings is 1. The molecule has 4 aromatic rings. The normalized spacial score (nSPS) is 11.1. The minimum Gasteiger partial charge on any atom is -0.274 e. The van der Waals surface area contributed by atoms with Crippen LogP contribution in [0.1, 0.15) is 11.3 Å². The van der Waals surface area contributed by atoms with Crippen LogP contribution in [0.25, 0.3) is 16.6 Å². The summed E-state index contributed by atoms with van der Waals surface area (Å²) in [5, 5.41) is 10.0. The van der Waals surface area contributed by atoms with Crippen molar-refractivity contribution in [3.63, 3.8) is 0 Å². The standard InChI is InChI=1S/C19H17N5S/c1-23-13-16(12-21-23)24-10-8-19(25)18(22-24)7-5-14-4-6-17-15(11-14)3-2-9-20-17/h2-4,6,8-13H,5,7H2,1H3. The molecule has 0 unspecified atom stereocenters. The molecule has 0 saturated heterocycles. The van der Waals surface area contributed by atoms with Crippen LogP contribution in [0.15, 0.2) is 61.2 Å². The topological polar surface area (TPSA) is 48.5 Å². The first-order valence-electron chi connectivity index (χ1n) is 8.10. The number of nitrogens with zero attached hydrogens (tertiary/aromatic N) is 5. The molecule has 3 heterocycles.